The lowest BCUT2D eigenvalue weighted by Crippen LogP contribution is -2.39. The number of carboxylic acid groups (broad SMARTS) is 1. The van der Waals surface area contributed by atoms with Crippen LogP contribution in [0.15, 0.2) is 73.1 Å². The Morgan fingerprint density at radius 1 is 0.969 bits per heavy atom. The quantitative estimate of drug-likeness (QED) is 0.0764. The number of pyridine rings is 3. The number of hydrogen-bond acceptors (Lipinski definition) is 11. The fraction of sp³-hybridized carbons (Fsp3) is 0.388. The minimum atomic E-state index is -0.783. The molecule has 1 unspecified atom stereocenters. The number of carboxylic acids is 1. The van der Waals surface area contributed by atoms with Crippen molar-refractivity contribution in [2.45, 2.75) is 102 Å². The second kappa shape index (κ2) is 20.8. The van der Waals surface area contributed by atoms with Crippen LogP contribution in [0.5, 0.6) is 17.6 Å². The average molecular weight is 905 g/mol. The molecule has 3 N–H and O–H groups in total. The highest BCUT2D eigenvalue weighted by atomic mass is 35.5. The van der Waals surface area contributed by atoms with Crippen molar-refractivity contribution in [2.75, 3.05) is 20.2 Å². The maximum absolute atomic E-state index is 11.6. The molecule has 332 valence electrons. The van der Waals surface area contributed by atoms with Gasteiger partial charge in [0.25, 0.3) is 0 Å². The minimum Gasteiger partial charge on any atom is -0.481 e. The highest BCUT2D eigenvalue weighted by Gasteiger charge is 2.30. The predicted octanol–water partition coefficient (Wildman–Crippen LogP) is 9.02. The summed E-state index contributed by atoms with van der Waals surface area (Å²) in [7, 11) is 1.61. The van der Waals surface area contributed by atoms with Crippen LogP contribution in [0.1, 0.15) is 97.3 Å². The number of likely N-dealkylation sites (tertiary alicyclic amines) is 1. The number of nitrogens with zero attached hydrogens (tertiary/aromatic N) is 5. The third kappa shape index (κ3) is 10.6. The van der Waals surface area contributed by atoms with Gasteiger partial charge in [-0.3, -0.25) is 19.5 Å². The number of halogens is 2. The molecule has 2 saturated heterocycles. The first-order valence-electron chi connectivity index (χ1n) is 21.9. The molecule has 0 bridgehead atoms. The van der Waals surface area contributed by atoms with Gasteiger partial charge in [0.15, 0.2) is 0 Å². The zero-order chi connectivity index (χ0) is 44.6. The molecule has 5 heterocycles. The predicted molar refractivity (Wildman–Crippen MR) is 243 cm³/mol. The lowest BCUT2D eigenvalue weighted by Gasteiger charge is -2.36. The molecule has 64 heavy (non-hydrogen) atoms. The van der Waals surface area contributed by atoms with Gasteiger partial charge in [-0.05, 0) is 86.4 Å². The van der Waals surface area contributed by atoms with Crippen LogP contribution < -0.4 is 24.8 Å². The van der Waals surface area contributed by atoms with Crippen molar-refractivity contribution in [3.8, 4) is 46.1 Å². The van der Waals surface area contributed by atoms with Crippen molar-refractivity contribution in [1.82, 2.24) is 30.5 Å². The Morgan fingerprint density at radius 3 is 2.62 bits per heavy atom. The molecule has 1 amide bonds. The number of benzene rings is 2. The standard InChI is InChI=1S/C49H51Cl2N7O6/c1-62-47-32(26-54-27-34-15-19-44(59)55-34)14-17-42(56-47)40-12-6-11-39(46(40)51)36-9-5-10-38-37(36)16-18-43(38)64-49-41(50)22-33(28-58-20-3-2-7-35(58)8-4-13-45(60)61)48(57-49)63-29-31-21-30(23-52)24-53-25-31/h5-6,9-12,14,17,21-22,24-25,34-35,43,54H,2-4,7-8,13,15-16,18-20,26-29H2,1H3,(H,55,59)(H,60,61)/t34-,35?,43-/m0/s1. The van der Waals surface area contributed by atoms with Crippen LogP contribution in [0.25, 0.3) is 22.4 Å². The second-order valence-corrected chi connectivity index (χ2v) is 17.4. The first kappa shape index (κ1) is 44.8. The number of nitriles is 1. The van der Waals surface area contributed by atoms with E-state index in [0.717, 1.165) is 89.6 Å². The molecule has 3 atom stereocenters. The number of nitrogens with one attached hydrogen (secondary N) is 2. The van der Waals surface area contributed by atoms with Crippen LogP contribution >= 0.6 is 23.2 Å². The molecule has 0 saturated carbocycles. The van der Waals surface area contributed by atoms with Gasteiger partial charge in [0, 0.05) is 84.8 Å². The topological polar surface area (TPSA) is 172 Å². The van der Waals surface area contributed by atoms with E-state index in [9.17, 15) is 20.0 Å². The number of piperidine rings is 1. The van der Waals surface area contributed by atoms with Crippen LogP contribution in [0.4, 0.5) is 0 Å². The first-order valence-corrected chi connectivity index (χ1v) is 22.7. The highest BCUT2D eigenvalue weighted by Crippen LogP contribution is 2.45. The molecule has 5 aromatic rings. The molecule has 3 aliphatic rings. The van der Waals surface area contributed by atoms with Crippen LogP contribution in [0.3, 0.4) is 0 Å². The molecule has 2 fully saturated rings. The Bertz CT molecular complexity index is 2550. The zero-order valence-corrected chi connectivity index (χ0v) is 37.3. The Hall–Kier alpha value is -5.78. The van der Waals surface area contributed by atoms with E-state index in [-0.39, 0.29) is 43.0 Å². The molecule has 0 radical (unpaired) electrons. The van der Waals surface area contributed by atoms with Crippen molar-refractivity contribution in [2.24, 2.45) is 0 Å². The minimum absolute atomic E-state index is 0.0925. The Morgan fingerprint density at radius 2 is 1.81 bits per heavy atom. The van der Waals surface area contributed by atoms with Gasteiger partial charge >= 0.3 is 5.97 Å². The molecular weight excluding hydrogens is 853 g/mol. The van der Waals surface area contributed by atoms with Gasteiger partial charge in [-0.2, -0.15) is 10.2 Å². The summed E-state index contributed by atoms with van der Waals surface area (Å²) in [6, 6.07) is 22.2. The normalized spacial score (nSPS) is 18.3. The summed E-state index contributed by atoms with van der Waals surface area (Å²) in [6.07, 6.45) is 10.3. The van der Waals surface area contributed by atoms with Crippen molar-refractivity contribution >= 4 is 35.1 Å². The maximum atomic E-state index is 11.6. The third-order valence-electron chi connectivity index (χ3n) is 12.3. The van der Waals surface area contributed by atoms with Crippen LogP contribution in [-0.4, -0.2) is 69.1 Å². The van der Waals surface area contributed by atoms with Gasteiger partial charge in [-0.1, -0.05) is 72.1 Å². The Kier molecular flexibility index (Phi) is 14.6. The molecular formula is C49H51Cl2N7O6. The largest absolute Gasteiger partial charge is 0.481 e. The third-order valence-corrected chi connectivity index (χ3v) is 13.0. The zero-order valence-electron chi connectivity index (χ0n) is 35.7. The van der Waals surface area contributed by atoms with Gasteiger partial charge in [0.05, 0.1) is 23.4 Å². The number of carbonyl (C=O) groups is 2. The Balaban J connectivity index is 1.02. The fourth-order valence-electron chi connectivity index (χ4n) is 9.10. The van der Waals surface area contributed by atoms with E-state index >= 15 is 0 Å². The number of amides is 1. The molecule has 3 aromatic heterocycles. The highest BCUT2D eigenvalue weighted by molar-refractivity contribution is 6.36. The van der Waals surface area contributed by atoms with Crippen molar-refractivity contribution in [3.05, 3.63) is 116 Å². The second-order valence-electron chi connectivity index (χ2n) is 16.6. The number of rotatable bonds is 18. The smallest absolute Gasteiger partial charge is 0.303 e. The number of ether oxygens (including phenoxy) is 3. The number of methoxy groups -OCH3 is 1. The number of aromatic nitrogens is 3. The summed E-state index contributed by atoms with van der Waals surface area (Å²) >= 11 is 14.3. The lowest BCUT2D eigenvalue weighted by atomic mass is 9.94. The summed E-state index contributed by atoms with van der Waals surface area (Å²) in [6.45, 7) is 2.74. The first-order chi connectivity index (χ1) is 31.2. The number of fused-ring (bicyclic) bond motifs is 1. The molecule has 0 spiro atoms. The van der Waals surface area contributed by atoms with E-state index in [1.807, 2.05) is 42.5 Å². The van der Waals surface area contributed by atoms with E-state index in [4.69, 9.17) is 47.4 Å². The fourth-order valence-corrected chi connectivity index (χ4v) is 9.65. The van der Waals surface area contributed by atoms with Crippen molar-refractivity contribution in [3.63, 3.8) is 0 Å². The van der Waals surface area contributed by atoms with E-state index in [0.29, 0.717) is 72.0 Å². The average Bonchev–Trinajstić information content (AvgIpc) is 3.92. The molecule has 8 rings (SSSR count). The molecule has 2 aromatic carbocycles. The van der Waals surface area contributed by atoms with Gasteiger partial charge in [0.2, 0.25) is 23.5 Å². The maximum Gasteiger partial charge on any atom is 0.303 e. The summed E-state index contributed by atoms with van der Waals surface area (Å²) in [4.78, 5) is 39.2. The Labute approximate surface area is 383 Å². The lowest BCUT2D eigenvalue weighted by molar-refractivity contribution is -0.137. The van der Waals surface area contributed by atoms with Gasteiger partial charge in [0.1, 0.15) is 23.8 Å². The van der Waals surface area contributed by atoms with E-state index in [2.05, 4.69) is 38.7 Å². The van der Waals surface area contributed by atoms with Crippen molar-refractivity contribution in [1.29, 1.82) is 5.26 Å². The van der Waals surface area contributed by atoms with E-state index in [1.54, 1.807) is 19.4 Å². The summed E-state index contributed by atoms with van der Waals surface area (Å²) in [5, 5.41) is 26.1. The van der Waals surface area contributed by atoms with E-state index < -0.39 is 5.97 Å². The van der Waals surface area contributed by atoms with E-state index in [1.165, 1.54) is 6.20 Å². The molecule has 15 heteroatoms. The summed E-state index contributed by atoms with van der Waals surface area (Å²) < 4.78 is 18.8. The van der Waals surface area contributed by atoms with Gasteiger partial charge < -0.3 is 30.0 Å². The van der Waals surface area contributed by atoms with Crippen LogP contribution in [-0.2, 0) is 35.7 Å². The molecule has 2 aliphatic heterocycles. The summed E-state index contributed by atoms with van der Waals surface area (Å²) in [5.41, 5.74) is 8.37. The van der Waals surface area contributed by atoms with Crippen molar-refractivity contribution < 1.29 is 28.9 Å². The van der Waals surface area contributed by atoms with Gasteiger partial charge in [-0.25, -0.2) is 4.98 Å². The number of carbonyl (C=O) groups excluding carboxylic acids is 1. The number of hydrogen-bond donors (Lipinski definition) is 3. The monoisotopic (exact) mass is 903 g/mol. The number of aliphatic carboxylic acids is 1. The van der Waals surface area contributed by atoms with Gasteiger partial charge in [-0.15, -0.1) is 0 Å². The molecule has 13 nitrogen and oxygen atoms in total. The SMILES string of the molecule is COc1nc(-c2cccc(-c3cccc4c3CC[C@@H]4Oc3nc(OCc4cncc(C#N)c4)c(CN4CCCCC4CCCC(=O)O)cc3Cl)c2Cl)ccc1CNC[C@@H]1CCC(=O)N1. The summed E-state index contributed by atoms with van der Waals surface area (Å²) in [5.74, 6) is 0.447. The van der Waals surface area contributed by atoms with Crippen LogP contribution in [0.2, 0.25) is 10.0 Å². The molecule has 1 aliphatic carbocycles. The van der Waals surface area contributed by atoms with Crippen LogP contribution in [0, 0.1) is 11.3 Å².